The van der Waals surface area contributed by atoms with Crippen LogP contribution in [0.5, 0.6) is 0 Å². The Balaban J connectivity index is 4.00. The van der Waals surface area contributed by atoms with Gasteiger partial charge in [0.1, 0.15) is 0 Å². The number of rotatable bonds is 6. The lowest BCUT2D eigenvalue weighted by Gasteiger charge is -2.23. The van der Waals surface area contributed by atoms with E-state index in [0.29, 0.717) is 6.92 Å². The Labute approximate surface area is 107 Å². The molecule has 0 heterocycles. The summed E-state index contributed by atoms with van der Waals surface area (Å²) in [6.45, 7) is 3.42. The van der Waals surface area contributed by atoms with Crippen molar-refractivity contribution >= 4 is 11.9 Å². The summed E-state index contributed by atoms with van der Waals surface area (Å²) in [7, 11) is 0. The van der Waals surface area contributed by atoms with Crippen LogP contribution >= 0.6 is 0 Å². The predicted molar refractivity (Wildman–Crippen MR) is 56.9 cm³/mol. The SMILES string of the molecule is C=C(C)C(=O)OCC(=O)OCCC(C)(F)C(F)(F)F. The highest BCUT2D eigenvalue weighted by molar-refractivity contribution is 5.88. The lowest BCUT2D eigenvalue weighted by Crippen LogP contribution is -2.39. The molecule has 0 aliphatic rings. The van der Waals surface area contributed by atoms with E-state index >= 15 is 0 Å². The monoisotopic (exact) mass is 286 g/mol. The van der Waals surface area contributed by atoms with E-state index in [2.05, 4.69) is 16.1 Å². The van der Waals surface area contributed by atoms with Crippen LogP contribution in [0.2, 0.25) is 0 Å². The molecule has 0 bridgehead atoms. The molecule has 0 N–H and O–H groups in total. The Bertz CT molecular complexity index is 360. The minimum atomic E-state index is -5.04. The van der Waals surface area contributed by atoms with Gasteiger partial charge in [-0.15, -0.1) is 0 Å². The molecule has 0 saturated carbocycles. The molecule has 110 valence electrons. The maximum absolute atomic E-state index is 13.1. The summed E-state index contributed by atoms with van der Waals surface area (Å²) in [6.07, 6.45) is -6.07. The first-order chi connectivity index (χ1) is 8.47. The zero-order valence-electron chi connectivity index (χ0n) is 10.5. The first-order valence-corrected chi connectivity index (χ1v) is 5.21. The van der Waals surface area contributed by atoms with E-state index in [0.717, 1.165) is 0 Å². The second-order valence-corrected chi connectivity index (χ2v) is 4.02. The molecule has 0 aromatic rings. The fourth-order valence-electron chi connectivity index (χ4n) is 0.788. The van der Waals surface area contributed by atoms with E-state index in [1.807, 2.05) is 0 Å². The van der Waals surface area contributed by atoms with Crippen LogP contribution in [0.15, 0.2) is 12.2 Å². The van der Waals surface area contributed by atoms with Crippen LogP contribution in [0.4, 0.5) is 17.6 Å². The fraction of sp³-hybridized carbons (Fsp3) is 0.636. The van der Waals surface area contributed by atoms with Crippen molar-refractivity contribution in [2.45, 2.75) is 32.1 Å². The maximum atomic E-state index is 13.1. The zero-order valence-corrected chi connectivity index (χ0v) is 10.5. The van der Waals surface area contributed by atoms with Gasteiger partial charge in [-0.1, -0.05) is 6.58 Å². The molecule has 1 unspecified atom stereocenters. The minimum Gasteiger partial charge on any atom is -0.463 e. The van der Waals surface area contributed by atoms with Gasteiger partial charge in [0.25, 0.3) is 0 Å². The zero-order chi connectivity index (χ0) is 15.3. The molecule has 1 atom stereocenters. The van der Waals surface area contributed by atoms with E-state index in [9.17, 15) is 27.2 Å². The van der Waals surface area contributed by atoms with Gasteiger partial charge >= 0.3 is 18.1 Å². The van der Waals surface area contributed by atoms with E-state index in [1.54, 1.807) is 0 Å². The average molecular weight is 286 g/mol. The van der Waals surface area contributed by atoms with Crippen molar-refractivity contribution in [1.29, 1.82) is 0 Å². The van der Waals surface area contributed by atoms with Gasteiger partial charge in [0.2, 0.25) is 5.67 Å². The van der Waals surface area contributed by atoms with E-state index in [4.69, 9.17) is 0 Å². The molecule has 4 nitrogen and oxygen atoms in total. The highest BCUT2D eigenvalue weighted by atomic mass is 19.4. The number of halogens is 4. The van der Waals surface area contributed by atoms with Crippen molar-refractivity contribution in [2.75, 3.05) is 13.2 Å². The quantitative estimate of drug-likeness (QED) is 0.427. The average Bonchev–Trinajstić information content (AvgIpc) is 2.23. The van der Waals surface area contributed by atoms with Crippen molar-refractivity contribution in [1.82, 2.24) is 0 Å². The third kappa shape index (κ3) is 6.21. The first-order valence-electron chi connectivity index (χ1n) is 5.21. The summed E-state index contributed by atoms with van der Waals surface area (Å²) in [4.78, 5) is 21.8. The van der Waals surface area contributed by atoms with Crippen molar-refractivity contribution in [2.24, 2.45) is 0 Å². The number of alkyl halides is 4. The molecule has 0 spiro atoms. The Morgan fingerprint density at radius 3 is 2.11 bits per heavy atom. The summed E-state index contributed by atoms with van der Waals surface area (Å²) in [6, 6.07) is 0. The standard InChI is InChI=1S/C11H14F4O4/c1-7(2)9(17)19-6-8(16)18-5-4-10(3,12)11(13,14)15/h1,4-6H2,2-3H3. The van der Waals surface area contributed by atoms with Gasteiger partial charge in [0.15, 0.2) is 6.61 Å². The number of carbonyl (C=O) groups excluding carboxylic acids is 2. The lowest BCUT2D eigenvalue weighted by molar-refractivity contribution is -0.228. The largest absolute Gasteiger partial charge is 0.463 e. The van der Waals surface area contributed by atoms with Crippen LogP contribution in [0.25, 0.3) is 0 Å². The molecule has 0 aromatic heterocycles. The van der Waals surface area contributed by atoms with Gasteiger partial charge < -0.3 is 9.47 Å². The van der Waals surface area contributed by atoms with Crippen LogP contribution in [0.1, 0.15) is 20.3 Å². The van der Waals surface area contributed by atoms with Crippen LogP contribution in [-0.2, 0) is 19.1 Å². The highest BCUT2D eigenvalue weighted by Crippen LogP contribution is 2.36. The van der Waals surface area contributed by atoms with Crippen LogP contribution in [0, 0.1) is 0 Å². The van der Waals surface area contributed by atoms with Crippen LogP contribution in [-0.4, -0.2) is 37.0 Å². The summed E-state index contributed by atoms with van der Waals surface area (Å²) >= 11 is 0. The van der Waals surface area contributed by atoms with E-state index in [1.165, 1.54) is 6.92 Å². The minimum absolute atomic E-state index is 0.0567. The molecule has 0 aliphatic heterocycles. The smallest absolute Gasteiger partial charge is 0.422 e. The predicted octanol–water partition coefficient (Wildman–Crippen LogP) is 2.33. The van der Waals surface area contributed by atoms with Gasteiger partial charge in [-0.25, -0.2) is 14.0 Å². The first kappa shape index (κ1) is 17.4. The van der Waals surface area contributed by atoms with Crippen molar-refractivity contribution in [3.8, 4) is 0 Å². The topological polar surface area (TPSA) is 52.6 Å². The van der Waals surface area contributed by atoms with Crippen molar-refractivity contribution in [3.63, 3.8) is 0 Å². The van der Waals surface area contributed by atoms with E-state index < -0.39 is 43.4 Å². The summed E-state index contributed by atoms with van der Waals surface area (Å²) in [5.41, 5.74) is -3.39. The molecule has 0 aromatic carbocycles. The second kappa shape index (κ2) is 6.53. The molecule has 19 heavy (non-hydrogen) atoms. The number of esters is 2. The third-order valence-corrected chi connectivity index (χ3v) is 2.10. The van der Waals surface area contributed by atoms with Gasteiger partial charge in [-0.2, -0.15) is 13.2 Å². The molecular formula is C11H14F4O4. The normalized spacial score (nSPS) is 14.4. The Kier molecular flexibility index (Phi) is 5.98. The number of hydrogen-bond donors (Lipinski definition) is 0. The Morgan fingerprint density at radius 2 is 1.68 bits per heavy atom. The second-order valence-electron chi connectivity index (χ2n) is 4.02. The molecule has 0 rings (SSSR count). The summed E-state index contributed by atoms with van der Waals surface area (Å²) in [5, 5.41) is 0. The maximum Gasteiger partial charge on any atom is 0.422 e. The number of ether oxygens (including phenoxy) is 2. The number of carbonyl (C=O) groups is 2. The molecule has 0 aliphatic carbocycles. The third-order valence-electron chi connectivity index (χ3n) is 2.10. The number of hydrogen-bond acceptors (Lipinski definition) is 4. The Morgan fingerprint density at radius 1 is 1.16 bits per heavy atom. The summed E-state index contributed by atoms with van der Waals surface area (Å²) in [5.74, 6) is -1.89. The molecule has 0 radical (unpaired) electrons. The Hall–Kier alpha value is -1.60. The highest BCUT2D eigenvalue weighted by Gasteiger charge is 2.51. The lowest BCUT2D eigenvalue weighted by atomic mass is 10.1. The summed E-state index contributed by atoms with van der Waals surface area (Å²) < 4.78 is 58.1. The molecule has 0 fully saturated rings. The van der Waals surface area contributed by atoms with Gasteiger partial charge in [-0.05, 0) is 13.8 Å². The molecule has 0 amide bonds. The van der Waals surface area contributed by atoms with E-state index in [-0.39, 0.29) is 5.57 Å². The van der Waals surface area contributed by atoms with Gasteiger partial charge in [0, 0.05) is 12.0 Å². The van der Waals surface area contributed by atoms with Crippen molar-refractivity contribution < 1.29 is 36.6 Å². The van der Waals surface area contributed by atoms with Gasteiger partial charge in [-0.3, -0.25) is 0 Å². The van der Waals surface area contributed by atoms with Crippen molar-refractivity contribution in [3.05, 3.63) is 12.2 Å². The molecular weight excluding hydrogens is 272 g/mol. The molecule has 8 heteroatoms. The van der Waals surface area contributed by atoms with Gasteiger partial charge in [0.05, 0.1) is 6.61 Å². The fourth-order valence-corrected chi connectivity index (χ4v) is 0.788. The van der Waals surface area contributed by atoms with Crippen LogP contribution in [0.3, 0.4) is 0 Å². The van der Waals surface area contributed by atoms with Crippen LogP contribution < -0.4 is 0 Å². The molecule has 0 saturated heterocycles.